The van der Waals surface area contributed by atoms with Crippen LogP contribution in [0.15, 0.2) is 47.6 Å². The van der Waals surface area contributed by atoms with Gasteiger partial charge in [0.2, 0.25) is 5.16 Å². The molecule has 0 radical (unpaired) electrons. The topological polar surface area (TPSA) is 56.7 Å². The summed E-state index contributed by atoms with van der Waals surface area (Å²) in [5.74, 6) is 6.45. The third-order valence-corrected chi connectivity index (χ3v) is 4.71. The number of hydrogen-bond donors (Lipinski definition) is 1. The van der Waals surface area contributed by atoms with Crippen LogP contribution in [0.5, 0.6) is 0 Å². The Bertz CT molecular complexity index is 833. The second-order valence-electron chi connectivity index (χ2n) is 4.68. The van der Waals surface area contributed by atoms with E-state index in [1.54, 1.807) is 30.3 Å². The molecule has 8 heteroatoms. The zero-order chi connectivity index (χ0) is 16.4. The van der Waals surface area contributed by atoms with Crippen molar-refractivity contribution in [3.8, 4) is 11.4 Å². The number of nitrogens with zero attached hydrogens (tertiary/aromatic N) is 3. The molecule has 0 spiro atoms. The van der Waals surface area contributed by atoms with Gasteiger partial charge in [0.15, 0.2) is 5.82 Å². The van der Waals surface area contributed by atoms with Crippen molar-refractivity contribution in [3.05, 3.63) is 63.9 Å². The lowest BCUT2D eigenvalue weighted by Crippen LogP contribution is -2.11. The van der Waals surface area contributed by atoms with Gasteiger partial charge in [-0.1, -0.05) is 53.2 Å². The summed E-state index contributed by atoms with van der Waals surface area (Å²) in [6, 6.07) is 11.7. The summed E-state index contributed by atoms with van der Waals surface area (Å²) in [5.41, 5.74) is 1.16. The Morgan fingerprint density at radius 3 is 2.65 bits per heavy atom. The summed E-state index contributed by atoms with van der Waals surface area (Å²) >= 11 is 13.2. The highest BCUT2D eigenvalue weighted by Gasteiger charge is 2.14. The molecular weight excluding hydrogens is 358 g/mol. The molecule has 1 aromatic heterocycles. The molecule has 0 aliphatic heterocycles. The minimum atomic E-state index is -0.358. The zero-order valence-electron chi connectivity index (χ0n) is 11.7. The molecule has 2 aromatic carbocycles. The van der Waals surface area contributed by atoms with E-state index in [4.69, 9.17) is 29.0 Å². The Kier molecular flexibility index (Phi) is 4.75. The molecule has 0 fully saturated rings. The van der Waals surface area contributed by atoms with Gasteiger partial charge >= 0.3 is 0 Å². The standard InChI is InChI=1S/C15H11Cl2FN4S/c16-10-4-1-3-9(7-10)14-20-21-15(22(14)19)23-8-11-12(17)5-2-6-13(11)18/h1-7H,8,19H2. The molecule has 0 aliphatic carbocycles. The molecule has 0 unspecified atom stereocenters. The van der Waals surface area contributed by atoms with Crippen LogP contribution in [-0.4, -0.2) is 14.9 Å². The first-order valence-electron chi connectivity index (χ1n) is 6.58. The molecule has 3 aromatic rings. The number of hydrogen-bond acceptors (Lipinski definition) is 4. The fourth-order valence-corrected chi connectivity index (χ4v) is 3.40. The minimum Gasteiger partial charge on any atom is -0.335 e. The van der Waals surface area contributed by atoms with Crippen LogP contribution in [0, 0.1) is 5.82 Å². The first-order valence-corrected chi connectivity index (χ1v) is 8.32. The van der Waals surface area contributed by atoms with Gasteiger partial charge in [0.05, 0.1) is 0 Å². The minimum absolute atomic E-state index is 0.302. The maximum atomic E-state index is 13.8. The summed E-state index contributed by atoms with van der Waals surface area (Å²) in [5, 5.41) is 9.51. The van der Waals surface area contributed by atoms with Gasteiger partial charge in [-0.2, -0.15) is 0 Å². The molecule has 23 heavy (non-hydrogen) atoms. The summed E-state index contributed by atoms with van der Waals surface area (Å²) in [4.78, 5) is 0. The van der Waals surface area contributed by atoms with E-state index < -0.39 is 0 Å². The maximum absolute atomic E-state index is 13.8. The summed E-state index contributed by atoms with van der Waals surface area (Å²) < 4.78 is 15.1. The Labute approximate surface area is 146 Å². The van der Waals surface area contributed by atoms with Crippen LogP contribution < -0.4 is 5.84 Å². The highest BCUT2D eigenvalue weighted by Crippen LogP contribution is 2.29. The van der Waals surface area contributed by atoms with Gasteiger partial charge in [-0.25, -0.2) is 9.07 Å². The van der Waals surface area contributed by atoms with Crippen molar-refractivity contribution in [3.63, 3.8) is 0 Å². The van der Waals surface area contributed by atoms with Crippen LogP contribution >= 0.6 is 35.0 Å². The molecule has 3 rings (SSSR count). The van der Waals surface area contributed by atoms with E-state index in [1.807, 2.05) is 6.07 Å². The number of rotatable bonds is 4. The fraction of sp³-hybridized carbons (Fsp3) is 0.0667. The molecular formula is C15H11Cl2FN4S. The monoisotopic (exact) mass is 368 g/mol. The van der Waals surface area contributed by atoms with Gasteiger partial charge in [0.25, 0.3) is 0 Å². The first kappa shape index (κ1) is 16.1. The highest BCUT2D eigenvalue weighted by atomic mass is 35.5. The van der Waals surface area contributed by atoms with Crippen molar-refractivity contribution in [2.24, 2.45) is 0 Å². The second kappa shape index (κ2) is 6.78. The normalized spacial score (nSPS) is 10.9. The van der Waals surface area contributed by atoms with Gasteiger partial charge < -0.3 is 5.84 Å². The van der Waals surface area contributed by atoms with Crippen LogP contribution in [0.4, 0.5) is 4.39 Å². The number of halogens is 3. The Balaban J connectivity index is 1.83. The van der Waals surface area contributed by atoms with Crippen molar-refractivity contribution in [1.29, 1.82) is 0 Å². The van der Waals surface area contributed by atoms with E-state index in [2.05, 4.69) is 10.2 Å². The Morgan fingerprint density at radius 1 is 1.13 bits per heavy atom. The van der Waals surface area contributed by atoms with Crippen molar-refractivity contribution in [2.75, 3.05) is 5.84 Å². The zero-order valence-corrected chi connectivity index (χ0v) is 14.0. The average Bonchev–Trinajstić information content (AvgIpc) is 2.88. The summed E-state index contributed by atoms with van der Waals surface area (Å²) in [7, 11) is 0. The number of benzene rings is 2. The SMILES string of the molecule is Nn1c(SCc2c(F)cccc2Cl)nnc1-c1cccc(Cl)c1. The molecule has 0 aliphatic rings. The predicted molar refractivity (Wildman–Crippen MR) is 91.6 cm³/mol. The van der Waals surface area contributed by atoms with E-state index in [0.717, 1.165) is 5.56 Å². The quantitative estimate of drug-likeness (QED) is 0.547. The number of nitrogens with two attached hydrogens (primary N) is 1. The van der Waals surface area contributed by atoms with E-state index in [0.29, 0.717) is 32.3 Å². The molecule has 118 valence electrons. The molecule has 0 atom stereocenters. The van der Waals surface area contributed by atoms with Gasteiger partial charge in [0, 0.05) is 26.9 Å². The molecule has 4 nitrogen and oxygen atoms in total. The third kappa shape index (κ3) is 3.44. The second-order valence-corrected chi connectivity index (χ2v) is 6.46. The Hall–Kier alpha value is -1.76. The van der Waals surface area contributed by atoms with Crippen LogP contribution in [-0.2, 0) is 5.75 Å². The number of aromatic nitrogens is 3. The van der Waals surface area contributed by atoms with Crippen molar-refractivity contribution in [1.82, 2.24) is 14.9 Å². The summed E-state index contributed by atoms with van der Waals surface area (Å²) in [6.07, 6.45) is 0. The van der Waals surface area contributed by atoms with Crippen LogP contribution in [0.25, 0.3) is 11.4 Å². The Morgan fingerprint density at radius 2 is 1.91 bits per heavy atom. The number of thioether (sulfide) groups is 1. The van der Waals surface area contributed by atoms with Gasteiger partial charge in [0.1, 0.15) is 5.82 Å². The lowest BCUT2D eigenvalue weighted by molar-refractivity contribution is 0.617. The van der Waals surface area contributed by atoms with Crippen LogP contribution in [0.3, 0.4) is 0 Å². The molecule has 0 amide bonds. The average molecular weight is 369 g/mol. The smallest absolute Gasteiger partial charge is 0.210 e. The molecule has 1 heterocycles. The van der Waals surface area contributed by atoms with Crippen LogP contribution in [0.1, 0.15) is 5.56 Å². The summed E-state index contributed by atoms with van der Waals surface area (Å²) in [6.45, 7) is 0. The van der Waals surface area contributed by atoms with E-state index in [1.165, 1.54) is 22.5 Å². The van der Waals surface area contributed by atoms with Crippen molar-refractivity contribution in [2.45, 2.75) is 10.9 Å². The first-order chi connectivity index (χ1) is 11.1. The lowest BCUT2D eigenvalue weighted by atomic mass is 10.2. The third-order valence-electron chi connectivity index (χ3n) is 3.15. The van der Waals surface area contributed by atoms with Crippen molar-refractivity contribution < 1.29 is 4.39 Å². The number of nitrogen functional groups attached to an aromatic ring is 1. The van der Waals surface area contributed by atoms with Crippen molar-refractivity contribution >= 4 is 35.0 Å². The predicted octanol–water partition coefficient (Wildman–Crippen LogP) is 4.40. The molecule has 0 saturated carbocycles. The van der Waals surface area contributed by atoms with E-state index in [9.17, 15) is 4.39 Å². The maximum Gasteiger partial charge on any atom is 0.210 e. The molecule has 0 saturated heterocycles. The molecule has 2 N–H and O–H groups in total. The highest BCUT2D eigenvalue weighted by molar-refractivity contribution is 7.98. The lowest BCUT2D eigenvalue weighted by Gasteiger charge is -2.06. The van der Waals surface area contributed by atoms with Gasteiger partial charge in [-0.3, -0.25) is 0 Å². The van der Waals surface area contributed by atoms with Gasteiger partial charge in [-0.15, -0.1) is 10.2 Å². The van der Waals surface area contributed by atoms with E-state index >= 15 is 0 Å². The fourth-order valence-electron chi connectivity index (χ4n) is 2.01. The largest absolute Gasteiger partial charge is 0.335 e. The molecule has 0 bridgehead atoms. The van der Waals surface area contributed by atoms with Crippen LogP contribution in [0.2, 0.25) is 10.0 Å². The van der Waals surface area contributed by atoms with Gasteiger partial charge in [-0.05, 0) is 24.3 Å². The van der Waals surface area contributed by atoms with E-state index in [-0.39, 0.29) is 5.82 Å².